The Balaban J connectivity index is 2.23. The lowest BCUT2D eigenvalue weighted by Crippen LogP contribution is -2.10. The van der Waals surface area contributed by atoms with Crippen molar-refractivity contribution in [2.45, 2.75) is 13.0 Å². The smallest absolute Gasteiger partial charge is 0.129 e. The molecule has 0 amide bonds. The van der Waals surface area contributed by atoms with Gasteiger partial charge in [0.25, 0.3) is 0 Å². The highest BCUT2D eigenvalue weighted by Crippen LogP contribution is 2.13. The first-order valence-corrected chi connectivity index (χ1v) is 5.77. The zero-order valence-electron chi connectivity index (χ0n) is 9.94. The SMILES string of the molecule is N#Cc1ccc(Cn2cccc2CCN)c(F)c1. The summed E-state index contributed by atoms with van der Waals surface area (Å²) < 4.78 is 15.7. The number of hydrogen-bond acceptors (Lipinski definition) is 2. The third-order valence-electron chi connectivity index (χ3n) is 2.85. The second-order valence-electron chi connectivity index (χ2n) is 4.08. The van der Waals surface area contributed by atoms with E-state index >= 15 is 0 Å². The number of nitriles is 1. The molecule has 0 aliphatic heterocycles. The molecular formula is C14H14FN3. The zero-order chi connectivity index (χ0) is 13.0. The van der Waals surface area contributed by atoms with E-state index < -0.39 is 0 Å². The van der Waals surface area contributed by atoms with Crippen LogP contribution >= 0.6 is 0 Å². The Hall–Kier alpha value is -2.12. The molecule has 18 heavy (non-hydrogen) atoms. The van der Waals surface area contributed by atoms with Crippen LogP contribution < -0.4 is 5.73 Å². The van der Waals surface area contributed by atoms with Crippen molar-refractivity contribution in [1.82, 2.24) is 4.57 Å². The molecule has 0 unspecified atom stereocenters. The number of nitrogens with zero attached hydrogens (tertiary/aromatic N) is 2. The van der Waals surface area contributed by atoms with Gasteiger partial charge in [0, 0.05) is 17.5 Å². The molecule has 3 nitrogen and oxygen atoms in total. The van der Waals surface area contributed by atoms with Crippen LogP contribution in [0.25, 0.3) is 0 Å². The van der Waals surface area contributed by atoms with Crippen LogP contribution in [0.3, 0.4) is 0 Å². The number of rotatable bonds is 4. The second-order valence-corrected chi connectivity index (χ2v) is 4.08. The van der Waals surface area contributed by atoms with Crippen molar-refractivity contribution < 1.29 is 4.39 Å². The van der Waals surface area contributed by atoms with Gasteiger partial charge >= 0.3 is 0 Å². The van der Waals surface area contributed by atoms with Gasteiger partial charge in [0.05, 0.1) is 18.2 Å². The quantitative estimate of drug-likeness (QED) is 0.893. The van der Waals surface area contributed by atoms with Gasteiger partial charge in [0.2, 0.25) is 0 Å². The van der Waals surface area contributed by atoms with Crippen molar-refractivity contribution >= 4 is 0 Å². The molecule has 0 aliphatic rings. The normalized spacial score (nSPS) is 10.3. The predicted octanol–water partition coefficient (Wildman–Crippen LogP) is 2.05. The van der Waals surface area contributed by atoms with E-state index in [1.807, 2.05) is 29.0 Å². The molecule has 2 N–H and O–H groups in total. The monoisotopic (exact) mass is 243 g/mol. The summed E-state index contributed by atoms with van der Waals surface area (Å²) in [6.45, 7) is 1.03. The van der Waals surface area contributed by atoms with Gasteiger partial charge in [-0.3, -0.25) is 0 Å². The van der Waals surface area contributed by atoms with Gasteiger partial charge in [-0.25, -0.2) is 4.39 Å². The lowest BCUT2D eigenvalue weighted by atomic mass is 10.1. The number of hydrogen-bond donors (Lipinski definition) is 1. The maximum absolute atomic E-state index is 13.8. The van der Waals surface area contributed by atoms with Crippen LogP contribution in [0.5, 0.6) is 0 Å². The molecule has 1 heterocycles. The summed E-state index contributed by atoms with van der Waals surface area (Å²) >= 11 is 0. The fraction of sp³-hybridized carbons (Fsp3) is 0.214. The van der Waals surface area contributed by atoms with Gasteiger partial charge in [-0.05, 0) is 37.2 Å². The molecule has 0 fully saturated rings. The largest absolute Gasteiger partial charge is 0.347 e. The second kappa shape index (κ2) is 5.48. The van der Waals surface area contributed by atoms with Gasteiger partial charge < -0.3 is 10.3 Å². The van der Waals surface area contributed by atoms with E-state index in [0.717, 1.165) is 12.1 Å². The molecular weight excluding hydrogens is 229 g/mol. The highest BCUT2D eigenvalue weighted by atomic mass is 19.1. The van der Waals surface area contributed by atoms with Crippen LogP contribution in [0, 0.1) is 17.1 Å². The van der Waals surface area contributed by atoms with Gasteiger partial charge in [-0.15, -0.1) is 0 Å². The van der Waals surface area contributed by atoms with E-state index in [0.29, 0.717) is 24.2 Å². The summed E-state index contributed by atoms with van der Waals surface area (Å²) in [4.78, 5) is 0. The van der Waals surface area contributed by atoms with Crippen LogP contribution in [0.15, 0.2) is 36.5 Å². The fourth-order valence-corrected chi connectivity index (χ4v) is 1.91. The molecule has 1 aromatic heterocycles. The van der Waals surface area contributed by atoms with Crippen LogP contribution in [0.1, 0.15) is 16.8 Å². The Morgan fingerprint density at radius 1 is 1.33 bits per heavy atom. The Labute approximate surface area is 105 Å². The number of aromatic nitrogens is 1. The first-order valence-electron chi connectivity index (χ1n) is 5.77. The highest BCUT2D eigenvalue weighted by molar-refractivity contribution is 5.33. The average molecular weight is 243 g/mol. The minimum absolute atomic E-state index is 0.339. The molecule has 4 heteroatoms. The third kappa shape index (κ3) is 2.58. The van der Waals surface area contributed by atoms with Crippen molar-refractivity contribution in [1.29, 1.82) is 5.26 Å². The first-order chi connectivity index (χ1) is 8.74. The predicted molar refractivity (Wildman–Crippen MR) is 67.4 cm³/mol. The molecule has 92 valence electrons. The summed E-state index contributed by atoms with van der Waals surface area (Å²) in [6, 6.07) is 10.4. The van der Waals surface area contributed by atoms with Gasteiger partial charge in [0.1, 0.15) is 5.82 Å². The topological polar surface area (TPSA) is 54.7 Å². The van der Waals surface area contributed by atoms with Gasteiger partial charge in [0.15, 0.2) is 0 Å². The summed E-state index contributed by atoms with van der Waals surface area (Å²) in [6.07, 6.45) is 2.67. The van der Waals surface area contributed by atoms with Crippen molar-refractivity contribution in [3.63, 3.8) is 0 Å². The minimum Gasteiger partial charge on any atom is -0.347 e. The maximum atomic E-state index is 13.8. The minimum atomic E-state index is -0.346. The summed E-state index contributed by atoms with van der Waals surface area (Å²) in [5.41, 5.74) is 7.52. The number of nitrogens with two attached hydrogens (primary N) is 1. The fourth-order valence-electron chi connectivity index (χ4n) is 1.91. The molecule has 0 aliphatic carbocycles. The lowest BCUT2D eigenvalue weighted by Gasteiger charge is -2.09. The van der Waals surface area contributed by atoms with Crippen LogP contribution in [0.4, 0.5) is 4.39 Å². The van der Waals surface area contributed by atoms with Crippen LogP contribution in [0.2, 0.25) is 0 Å². The Morgan fingerprint density at radius 3 is 2.83 bits per heavy atom. The highest BCUT2D eigenvalue weighted by Gasteiger charge is 2.06. The van der Waals surface area contributed by atoms with E-state index in [-0.39, 0.29) is 5.82 Å². The van der Waals surface area contributed by atoms with Gasteiger partial charge in [-0.1, -0.05) is 6.07 Å². The van der Waals surface area contributed by atoms with E-state index in [1.54, 1.807) is 12.1 Å². The van der Waals surface area contributed by atoms with E-state index in [4.69, 9.17) is 11.0 Å². The number of benzene rings is 1. The van der Waals surface area contributed by atoms with E-state index in [1.165, 1.54) is 6.07 Å². The maximum Gasteiger partial charge on any atom is 0.129 e. The standard InChI is InChI=1S/C14H14FN3/c15-14-8-11(9-17)3-4-12(14)10-18-7-1-2-13(18)5-6-16/h1-4,7-8H,5-6,10,16H2. The van der Waals surface area contributed by atoms with E-state index in [2.05, 4.69) is 0 Å². The molecule has 0 radical (unpaired) electrons. The van der Waals surface area contributed by atoms with Crippen molar-refractivity contribution in [2.75, 3.05) is 6.54 Å². The average Bonchev–Trinajstić information content (AvgIpc) is 2.80. The van der Waals surface area contributed by atoms with Gasteiger partial charge in [-0.2, -0.15) is 5.26 Å². The molecule has 2 aromatic rings. The summed E-state index contributed by atoms with van der Waals surface area (Å²) in [5.74, 6) is -0.346. The molecule has 2 rings (SSSR count). The number of halogens is 1. The molecule has 0 saturated carbocycles. The molecule has 0 saturated heterocycles. The van der Waals surface area contributed by atoms with Crippen LogP contribution in [-0.2, 0) is 13.0 Å². The van der Waals surface area contributed by atoms with E-state index in [9.17, 15) is 4.39 Å². The molecule has 0 spiro atoms. The Morgan fingerprint density at radius 2 is 2.17 bits per heavy atom. The lowest BCUT2D eigenvalue weighted by molar-refractivity contribution is 0.595. The molecule has 1 aromatic carbocycles. The third-order valence-corrected chi connectivity index (χ3v) is 2.85. The van der Waals surface area contributed by atoms with Crippen molar-refractivity contribution in [3.05, 3.63) is 59.2 Å². The first kappa shape index (κ1) is 12.3. The summed E-state index contributed by atoms with van der Waals surface area (Å²) in [7, 11) is 0. The molecule has 0 atom stereocenters. The molecule has 0 bridgehead atoms. The van der Waals surface area contributed by atoms with Crippen molar-refractivity contribution in [3.8, 4) is 6.07 Å². The Kier molecular flexibility index (Phi) is 3.75. The van der Waals surface area contributed by atoms with Crippen molar-refractivity contribution in [2.24, 2.45) is 5.73 Å². The Bertz CT molecular complexity index is 581. The zero-order valence-corrected chi connectivity index (χ0v) is 9.94. The summed E-state index contributed by atoms with van der Waals surface area (Å²) in [5, 5.41) is 8.69. The van der Waals surface area contributed by atoms with Crippen LogP contribution in [-0.4, -0.2) is 11.1 Å².